The zero-order chi connectivity index (χ0) is 8.97. The first-order valence-corrected chi connectivity index (χ1v) is 4.92. The van der Waals surface area contributed by atoms with Crippen LogP contribution in [0.3, 0.4) is 0 Å². The molecular formula is C10H19NO. The molecule has 2 nitrogen and oxygen atoms in total. The van der Waals surface area contributed by atoms with Crippen molar-refractivity contribution in [2.75, 3.05) is 6.54 Å². The Morgan fingerprint density at radius 2 is 2.08 bits per heavy atom. The van der Waals surface area contributed by atoms with Crippen LogP contribution < -0.4 is 5.32 Å². The molecule has 70 valence electrons. The molecule has 0 amide bonds. The first kappa shape index (κ1) is 9.72. The Labute approximate surface area is 74.7 Å². The fourth-order valence-corrected chi connectivity index (χ4v) is 1.88. The standard InChI is InChI=1S/C10H19NO/c1-8(2)9-3-4-10(7-12)11-6-5-9/h7-11H,3-6H2,1-2H3. The molecule has 2 unspecified atom stereocenters. The van der Waals surface area contributed by atoms with E-state index in [1.807, 2.05) is 0 Å². The fourth-order valence-electron chi connectivity index (χ4n) is 1.88. The average molecular weight is 169 g/mol. The van der Waals surface area contributed by atoms with Gasteiger partial charge in [0.25, 0.3) is 0 Å². The highest BCUT2D eigenvalue weighted by Gasteiger charge is 2.19. The minimum Gasteiger partial charge on any atom is -0.308 e. The summed E-state index contributed by atoms with van der Waals surface area (Å²) < 4.78 is 0. The third-order valence-corrected chi connectivity index (χ3v) is 2.88. The van der Waals surface area contributed by atoms with Crippen LogP contribution in [-0.4, -0.2) is 18.9 Å². The van der Waals surface area contributed by atoms with Crippen LogP contribution in [0.1, 0.15) is 33.1 Å². The van der Waals surface area contributed by atoms with Crippen LogP contribution in [0.25, 0.3) is 0 Å². The SMILES string of the molecule is CC(C)C1CCNC(C=O)CC1. The molecule has 1 aliphatic heterocycles. The number of carbonyl (C=O) groups excluding carboxylic acids is 1. The number of aldehydes is 1. The summed E-state index contributed by atoms with van der Waals surface area (Å²) in [6, 6.07) is 0.119. The van der Waals surface area contributed by atoms with Crippen LogP contribution in [0.4, 0.5) is 0 Å². The van der Waals surface area contributed by atoms with Gasteiger partial charge in [-0.2, -0.15) is 0 Å². The van der Waals surface area contributed by atoms with Gasteiger partial charge in [-0.1, -0.05) is 13.8 Å². The minimum atomic E-state index is 0.119. The second-order valence-corrected chi connectivity index (χ2v) is 4.07. The number of rotatable bonds is 2. The van der Waals surface area contributed by atoms with Crippen molar-refractivity contribution in [1.29, 1.82) is 0 Å². The van der Waals surface area contributed by atoms with Crippen LogP contribution >= 0.6 is 0 Å². The highest BCUT2D eigenvalue weighted by molar-refractivity contribution is 5.57. The Balaban J connectivity index is 2.38. The number of nitrogens with one attached hydrogen (secondary N) is 1. The lowest BCUT2D eigenvalue weighted by atomic mass is 9.88. The van der Waals surface area contributed by atoms with Gasteiger partial charge in [-0.3, -0.25) is 0 Å². The van der Waals surface area contributed by atoms with Gasteiger partial charge >= 0.3 is 0 Å². The molecular weight excluding hydrogens is 150 g/mol. The van der Waals surface area contributed by atoms with Crippen LogP contribution in [0.2, 0.25) is 0 Å². The van der Waals surface area contributed by atoms with Gasteiger partial charge in [0.15, 0.2) is 0 Å². The summed E-state index contributed by atoms with van der Waals surface area (Å²) in [7, 11) is 0. The van der Waals surface area contributed by atoms with E-state index in [4.69, 9.17) is 0 Å². The largest absolute Gasteiger partial charge is 0.308 e. The van der Waals surface area contributed by atoms with E-state index in [9.17, 15) is 4.79 Å². The molecule has 1 aliphatic rings. The summed E-state index contributed by atoms with van der Waals surface area (Å²) in [5.41, 5.74) is 0. The van der Waals surface area contributed by atoms with Crippen molar-refractivity contribution in [3.8, 4) is 0 Å². The maximum atomic E-state index is 10.5. The number of hydrogen-bond donors (Lipinski definition) is 1. The topological polar surface area (TPSA) is 29.1 Å². The van der Waals surface area contributed by atoms with E-state index in [0.29, 0.717) is 0 Å². The van der Waals surface area contributed by atoms with Crippen LogP contribution in [0.5, 0.6) is 0 Å². The summed E-state index contributed by atoms with van der Waals surface area (Å²) in [5, 5.41) is 3.25. The molecule has 1 heterocycles. The molecule has 1 rings (SSSR count). The van der Waals surface area contributed by atoms with Gasteiger partial charge in [-0.15, -0.1) is 0 Å². The van der Waals surface area contributed by atoms with Crippen LogP contribution in [0, 0.1) is 11.8 Å². The first-order chi connectivity index (χ1) is 5.74. The molecule has 0 bridgehead atoms. The second kappa shape index (κ2) is 4.61. The van der Waals surface area contributed by atoms with Gasteiger partial charge in [0.05, 0.1) is 6.04 Å². The third-order valence-electron chi connectivity index (χ3n) is 2.88. The first-order valence-electron chi connectivity index (χ1n) is 4.92. The predicted molar refractivity (Wildman–Crippen MR) is 50.0 cm³/mol. The average Bonchev–Trinajstić information content (AvgIpc) is 2.28. The lowest BCUT2D eigenvalue weighted by Gasteiger charge is -2.17. The number of carbonyl (C=O) groups is 1. The Morgan fingerprint density at radius 3 is 2.67 bits per heavy atom. The summed E-state index contributed by atoms with van der Waals surface area (Å²) in [4.78, 5) is 10.5. The van der Waals surface area contributed by atoms with E-state index in [-0.39, 0.29) is 6.04 Å². The molecule has 0 aromatic rings. The fraction of sp³-hybridized carbons (Fsp3) is 0.900. The van der Waals surface area contributed by atoms with Gasteiger partial charge in [0.2, 0.25) is 0 Å². The zero-order valence-electron chi connectivity index (χ0n) is 8.05. The Hall–Kier alpha value is -0.370. The van der Waals surface area contributed by atoms with E-state index in [1.54, 1.807) is 0 Å². The summed E-state index contributed by atoms with van der Waals surface area (Å²) in [5.74, 6) is 1.57. The van der Waals surface area contributed by atoms with Crippen molar-refractivity contribution in [3.63, 3.8) is 0 Å². The molecule has 2 heteroatoms. The monoisotopic (exact) mass is 169 g/mol. The lowest BCUT2D eigenvalue weighted by Crippen LogP contribution is -2.29. The Morgan fingerprint density at radius 1 is 1.33 bits per heavy atom. The summed E-state index contributed by atoms with van der Waals surface area (Å²) in [6.07, 6.45) is 4.49. The minimum absolute atomic E-state index is 0.119. The van der Waals surface area contributed by atoms with Gasteiger partial charge in [-0.05, 0) is 37.6 Å². The number of hydrogen-bond acceptors (Lipinski definition) is 2. The smallest absolute Gasteiger partial charge is 0.136 e. The van der Waals surface area contributed by atoms with Gasteiger partial charge in [0.1, 0.15) is 6.29 Å². The van der Waals surface area contributed by atoms with E-state index in [2.05, 4.69) is 19.2 Å². The quantitative estimate of drug-likeness (QED) is 0.636. The van der Waals surface area contributed by atoms with Crippen molar-refractivity contribution in [3.05, 3.63) is 0 Å². The predicted octanol–water partition coefficient (Wildman–Crippen LogP) is 1.60. The van der Waals surface area contributed by atoms with E-state index in [0.717, 1.165) is 31.1 Å². The second-order valence-electron chi connectivity index (χ2n) is 4.07. The molecule has 0 saturated carbocycles. The normalized spacial score (nSPS) is 31.6. The maximum Gasteiger partial charge on any atom is 0.136 e. The molecule has 0 aromatic heterocycles. The molecule has 1 N–H and O–H groups in total. The zero-order valence-corrected chi connectivity index (χ0v) is 8.05. The van der Waals surface area contributed by atoms with Crippen LogP contribution in [0.15, 0.2) is 0 Å². The van der Waals surface area contributed by atoms with E-state index >= 15 is 0 Å². The molecule has 0 radical (unpaired) electrons. The molecule has 2 atom stereocenters. The van der Waals surface area contributed by atoms with Crippen molar-refractivity contribution in [1.82, 2.24) is 5.32 Å². The van der Waals surface area contributed by atoms with E-state index < -0.39 is 0 Å². The third kappa shape index (κ3) is 2.59. The Bertz CT molecular complexity index is 145. The highest BCUT2D eigenvalue weighted by Crippen LogP contribution is 2.23. The molecule has 0 aliphatic carbocycles. The maximum absolute atomic E-state index is 10.5. The highest BCUT2D eigenvalue weighted by atomic mass is 16.1. The molecule has 1 fully saturated rings. The van der Waals surface area contributed by atoms with Crippen molar-refractivity contribution in [2.45, 2.75) is 39.2 Å². The van der Waals surface area contributed by atoms with Gasteiger partial charge < -0.3 is 10.1 Å². The van der Waals surface area contributed by atoms with Crippen LogP contribution in [-0.2, 0) is 4.79 Å². The van der Waals surface area contributed by atoms with Crippen molar-refractivity contribution < 1.29 is 4.79 Å². The summed E-state index contributed by atoms with van der Waals surface area (Å²) >= 11 is 0. The molecule has 12 heavy (non-hydrogen) atoms. The van der Waals surface area contributed by atoms with Gasteiger partial charge in [0, 0.05) is 0 Å². The van der Waals surface area contributed by atoms with Gasteiger partial charge in [-0.25, -0.2) is 0 Å². The molecule has 0 aromatic carbocycles. The Kier molecular flexibility index (Phi) is 3.73. The van der Waals surface area contributed by atoms with Crippen molar-refractivity contribution in [2.24, 2.45) is 11.8 Å². The summed E-state index contributed by atoms with van der Waals surface area (Å²) in [6.45, 7) is 5.55. The van der Waals surface area contributed by atoms with Crippen molar-refractivity contribution >= 4 is 6.29 Å². The molecule has 1 saturated heterocycles. The van der Waals surface area contributed by atoms with E-state index in [1.165, 1.54) is 12.8 Å². The molecule has 0 spiro atoms. The lowest BCUT2D eigenvalue weighted by molar-refractivity contribution is -0.109.